The summed E-state index contributed by atoms with van der Waals surface area (Å²) in [4.78, 5) is 0. The van der Waals surface area contributed by atoms with Crippen molar-refractivity contribution in [3.05, 3.63) is 124 Å². The number of fused-ring (bicyclic) bond motifs is 2. The molecule has 3 aromatic rings. The molecule has 0 aromatic heterocycles. The predicted octanol–water partition coefficient (Wildman–Crippen LogP) is 13.2. The topological polar surface area (TPSA) is 0 Å². The maximum atomic E-state index is 2.99. The summed E-state index contributed by atoms with van der Waals surface area (Å²) >= 11 is 0. The van der Waals surface area contributed by atoms with Gasteiger partial charge in [0.2, 0.25) is 0 Å². The smallest absolute Gasteiger partial charge is 0.0892 e. The molecule has 2 aliphatic rings. The van der Waals surface area contributed by atoms with Crippen LogP contribution in [0.1, 0.15) is 38.1 Å². The lowest BCUT2D eigenvalue weighted by Crippen LogP contribution is -2.89. The largest absolute Gasteiger partial charge is 0.139 e. The van der Waals surface area contributed by atoms with Crippen molar-refractivity contribution >= 4 is 61.7 Å². The highest BCUT2D eigenvalue weighted by molar-refractivity contribution is 7.26. The summed E-state index contributed by atoms with van der Waals surface area (Å²) in [6.45, 7) is 48.9. The minimum Gasteiger partial charge on any atom is -0.0892 e. The van der Waals surface area contributed by atoms with Crippen molar-refractivity contribution in [2.24, 2.45) is 5.41 Å². The molecule has 2 heterocycles. The van der Waals surface area contributed by atoms with Gasteiger partial charge in [-0.15, -0.1) is 0 Å². The normalized spacial score (nSPS) is 18.4. The number of hydrogen-bond donors (Lipinski definition) is 0. The van der Waals surface area contributed by atoms with Crippen LogP contribution in [0.25, 0.3) is 0 Å². The van der Waals surface area contributed by atoms with Crippen molar-refractivity contribution in [2.45, 2.75) is 145 Å². The van der Waals surface area contributed by atoms with Crippen molar-refractivity contribution < 1.29 is 0 Å². The van der Waals surface area contributed by atoms with Crippen LogP contribution in [0.5, 0.6) is 0 Å². The Morgan fingerprint density at radius 2 is 0.868 bits per heavy atom. The van der Waals surface area contributed by atoms with Crippen LogP contribution in [0.2, 0.25) is 118 Å². The lowest BCUT2D eigenvalue weighted by Gasteiger charge is -2.70. The van der Waals surface area contributed by atoms with E-state index in [1.54, 1.807) is 5.56 Å². The van der Waals surface area contributed by atoms with Gasteiger partial charge in [-0.1, -0.05) is 214 Å². The molecule has 0 nitrogen and oxygen atoms in total. The zero-order valence-electron chi connectivity index (χ0n) is 37.3. The Hall–Kier alpha value is -1.34. The molecule has 0 unspecified atom stereocenters. The van der Waals surface area contributed by atoms with E-state index in [1.807, 2.05) is 16.3 Å². The van der Waals surface area contributed by atoms with Gasteiger partial charge in [0.25, 0.3) is 0 Å². The highest BCUT2D eigenvalue weighted by Crippen LogP contribution is 2.60. The van der Waals surface area contributed by atoms with Crippen molar-refractivity contribution in [1.82, 2.24) is 0 Å². The lowest BCUT2D eigenvalue weighted by atomic mass is 9.76. The Labute approximate surface area is 334 Å². The van der Waals surface area contributed by atoms with Gasteiger partial charge in [0, 0.05) is 37.7 Å². The van der Waals surface area contributed by atoms with Crippen LogP contribution in [0.15, 0.2) is 96.3 Å². The van der Waals surface area contributed by atoms with Crippen LogP contribution in [0, 0.1) is 5.41 Å². The average Bonchev–Trinajstić information content (AvgIpc) is 2.94. The monoisotopic (exact) mass is 824 g/mol. The van der Waals surface area contributed by atoms with E-state index in [-0.39, 0.29) is 5.41 Å². The summed E-state index contributed by atoms with van der Waals surface area (Å²) in [7, 11) is -12.1. The number of benzene rings is 3. The first kappa shape index (κ1) is 42.8. The van der Waals surface area contributed by atoms with E-state index >= 15 is 0 Å². The second-order valence-electron chi connectivity index (χ2n) is 23.7. The average molecular weight is 826 g/mol. The molecule has 0 radical (unpaired) electrons. The Morgan fingerprint density at radius 3 is 1.21 bits per heavy atom. The van der Waals surface area contributed by atoms with Gasteiger partial charge in [0.15, 0.2) is 0 Å². The van der Waals surface area contributed by atoms with E-state index in [1.165, 1.54) is 11.1 Å². The minimum atomic E-state index is -2.31. The van der Waals surface area contributed by atoms with E-state index in [0.717, 1.165) is 23.2 Å². The molecule has 0 saturated carbocycles. The summed E-state index contributed by atoms with van der Waals surface area (Å²) in [6.07, 6.45) is 7.71. The fourth-order valence-electron chi connectivity index (χ4n) is 13.3. The fraction of sp³-hybridized carbons (Fsp3) is 0.522. The molecule has 0 saturated heterocycles. The first-order valence-corrected chi connectivity index (χ1v) is 44.2. The van der Waals surface area contributed by atoms with Crippen LogP contribution in [0.3, 0.4) is 0 Å². The van der Waals surface area contributed by atoms with E-state index in [2.05, 4.69) is 214 Å². The minimum absolute atomic E-state index is 0.0286. The summed E-state index contributed by atoms with van der Waals surface area (Å²) in [6, 6.07) is 28.5. The zero-order chi connectivity index (χ0) is 39.8. The van der Waals surface area contributed by atoms with Crippen molar-refractivity contribution in [2.75, 3.05) is 0 Å². The maximum absolute atomic E-state index is 2.99. The number of rotatable bonds is 12. The molecule has 53 heavy (non-hydrogen) atoms. The van der Waals surface area contributed by atoms with Gasteiger partial charge in [0.1, 0.15) is 8.07 Å². The Bertz CT molecular complexity index is 1710. The van der Waals surface area contributed by atoms with Crippen LogP contribution in [-0.4, -0.2) is 56.5 Å². The van der Waals surface area contributed by atoms with Crippen molar-refractivity contribution in [3.8, 4) is 0 Å². The third-order valence-electron chi connectivity index (χ3n) is 13.1. The molecule has 0 amide bonds. The second-order valence-corrected chi connectivity index (χ2v) is 61.8. The van der Waals surface area contributed by atoms with Crippen LogP contribution >= 0.6 is 0 Å². The Balaban J connectivity index is 1.92. The molecule has 7 heteroatoms. The maximum Gasteiger partial charge on any atom is 0.139 e. The molecule has 2 aliphatic heterocycles. The van der Waals surface area contributed by atoms with Crippen LogP contribution < -0.4 is 5.19 Å². The van der Waals surface area contributed by atoms with Gasteiger partial charge < -0.3 is 0 Å². The van der Waals surface area contributed by atoms with E-state index in [0.29, 0.717) is 4.28 Å². The molecule has 288 valence electrons. The molecule has 0 bridgehead atoms. The molecule has 0 atom stereocenters. The third kappa shape index (κ3) is 7.60. The summed E-state index contributed by atoms with van der Waals surface area (Å²) in [5, 5.41) is 3.38. The molecule has 3 aromatic carbocycles. The first-order valence-electron chi connectivity index (χ1n) is 20.7. The lowest BCUT2D eigenvalue weighted by molar-refractivity contribution is 0.484. The van der Waals surface area contributed by atoms with Gasteiger partial charge in [0.05, 0.1) is 16.1 Å². The van der Waals surface area contributed by atoms with E-state index in [4.69, 9.17) is 0 Å². The van der Waals surface area contributed by atoms with Crippen LogP contribution in [-0.2, 0) is 17.1 Å². The molecule has 0 N–H and O–H groups in total. The van der Waals surface area contributed by atoms with E-state index < -0.39 is 56.5 Å². The standard InChI is InChI=1S/C46H76Si7/c1-47(2,3)43(48(4,5)6)39-33-40(44(49(7,8)9)50(10,11)12)42-41(34-39)46(51(13,14)15,52(16,17)18)53(42)31-29-45(30-32-53,35-37-25-21-19-22-26-37)36-38-27-23-20-24-28-38/h19-34,43-44H,35-36H2,1-18H3. The Morgan fingerprint density at radius 1 is 0.491 bits per heavy atom. The molecule has 0 fully saturated rings. The highest BCUT2D eigenvalue weighted by atomic mass is 28.5. The van der Waals surface area contributed by atoms with Crippen molar-refractivity contribution in [1.29, 1.82) is 0 Å². The van der Waals surface area contributed by atoms with Gasteiger partial charge in [-0.05, 0) is 60.5 Å². The SMILES string of the molecule is C[Si](C)(C)C(c1cc(C([Si](C)(C)C)[Si](C)(C)C)c2c(c1)C([Si](C)(C)C)([Si](C)(C)C)[Si]21C=CC(Cc2ccccc2)(Cc2ccccc2)C=C1)[Si](C)(C)C. The van der Waals surface area contributed by atoms with Gasteiger partial charge in [-0.2, -0.15) is 0 Å². The molecular weight excluding hydrogens is 749 g/mol. The van der Waals surface area contributed by atoms with Crippen molar-refractivity contribution in [3.63, 3.8) is 0 Å². The molecule has 5 rings (SSSR count). The summed E-state index contributed by atoms with van der Waals surface area (Å²) in [5.41, 5.74) is 14.3. The van der Waals surface area contributed by atoms with Gasteiger partial charge >= 0.3 is 0 Å². The molecule has 0 aliphatic carbocycles. The van der Waals surface area contributed by atoms with E-state index in [9.17, 15) is 0 Å². The van der Waals surface area contributed by atoms with Gasteiger partial charge in [-0.25, -0.2) is 0 Å². The number of hydrogen-bond acceptors (Lipinski definition) is 0. The van der Waals surface area contributed by atoms with Crippen LogP contribution in [0.4, 0.5) is 0 Å². The highest BCUT2D eigenvalue weighted by Gasteiger charge is 2.74. The van der Waals surface area contributed by atoms with Gasteiger partial charge in [-0.3, -0.25) is 0 Å². The predicted molar refractivity (Wildman–Crippen MR) is 260 cm³/mol. The Kier molecular flexibility index (Phi) is 11.3. The summed E-state index contributed by atoms with van der Waals surface area (Å²) in [5.74, 6) is 0. The molecular formula is C46H76Si7. The number of allylic oxidation sites excluding steroid dienone is 2. The second kappa shape index (κ2) is 13.9. The summed E-state index contributed by atoms with van der Waals surface area (Å²) < 4.78 is 0.332. The first-order chi connectivity index (χ1) is 24.0. The third-order valence-corrected chi connectivity index (χ3v) is 52.5. The zero-order valence-corrected chi connectivity index (χ0v) is 44.3. The molecule has 1 spiro atoms. The fourth-order valence-corrected chi connectivity index (χ4v) is 66.3. The quantitative estimate of drug-likeness (QED) is 0.160.